The second kappa shape index (κ2) is 7.81. The van der Waals surface area contributed by atoms with Crippen molar-refractivity contribution in [3.05, 3.63) is 0 Å². The summed E-state index contributed by atoms with van der Waals surface area (Å²) in [6, 6.07) is 0. The summed E-state index contributed by atoms with van der Waals surface area (Å²) in [5, 5.41) is 8.44. The summed E-state index contributed by atoms with van der Waals surface area (Å²) in [5.74, 6) is -0.637. The molecule has 1 aliphatic rings. The van der Waals surface area contributed by atoms with Crippen LogP contribution in [-0.2, 0) is 14.8 Å². The van der Waals surface area contributed by atoms with Gasteiger partial charge in [0, 0.05) is 6.54 Å². The molecule has 6 nitrogen and oxygen atoms in total. The monoisotopic (exact) mass is 292 g/mol. The van der Waals surface area contributed by atoms with E-state index in [4.69, 9.17) is 5.11 Å². The maximum atomic E-state index is 11.4. The largest absolute Gasteiger partial charge is 0.481 e. The van der Waals surface area contributed by atoms with E-state index >= 15 is 0 Å². The molecule has 0 bridgehead atoms. The molecule has 1 rings (SSSR count). The Bertz CT molecular complexity index is 375. The standard InChI is InChI=1S/C12H24N2O4S/c1-11-3-8-14(9-4-11)7-2-6-13-19(17,18)10-5-12(15)16/h11,13H,2-10H2,1H3,(H,15,16). The lowest BCUT2D eigenvalue weighted by atomic mass is 9.99. The number of carbonyl (C=O) groups is 1. The van der Waals surface area contributed by atoms with Crippen LogP contribution in [0.4, 0.5) is 0 Å². The normalized spacial score (nSPS) is 18.6. The lowest BCUT2D eigenvalue weighted by Crippen LogP contribution is -2.36. The van der Waals surface area contributed by atoms with E-state index < -0.39 is 16.0 Å². The first-order valence-corrected chi connectivity index (χ1v) is 8.46. The minimum absolute atomic E-state index is 0.344. The molecule has 112 valence electrons. The Morgan fingerprint density at radius 3 is 2.58 bits per heavy atom. The zero-order chi connectivity index (χ0) is 14.3. The van der Waals surface area contributed by atoms with E-state index in [1.54, 1.807) is 0 Å². The maximum Gasteiger partial charge on any atom is 0.304 e. The minimum Gasteiger partial charge on any atom is -0.481 e. The van der Waals surface area contributed by atoms with Crippen molar-refractivity contribution < 1.29 is 18.3 Å². The molecule has 1 aliphatic heterocycles. The third-order valence-corrected chi connectivity index (χ3v) is 4.82. The van der Waals surface area contributed by atoms with Crippen LogP contribution in [-0.4, -0.2) is 56.3 Å². The number of hydrogen-bond acceptors (Lipinski definition) is 4. The van der Waals surface area contributed by atoms with Crippen LogP contribution in [0.2, 0.25) is 0 Å². The molecule has 0 amide bonds. The van der Waals surface area contributed by atoms with Crippen molar-refractivity contribution in [2.45, 2.75) is 32.6 Å². The molecule has 0 radical (unpaired) electrons. The van der Waals surface area contributed by atoms with Gasteiger partial charge in [0.2, 0.25) is 10.0 Å². The molecule has 0 aliphatic carbocycles. The smallest absolute Gasteiger partial charge is 0.304 e. The Labute approximate surface area is 115 Å². The van der Waals surface area contributed by atoms with Gasteiger partial charge in [-0.2, -0.15) is 0 Å². The van der Waals surface area contributed by atoms with Crippen LogP contribution in [0.3, 0.4) is 0 Å². The number of rotatable bonds is 8. The van der Waals surface area contributed by atoms with Crippen LogP contribution in [0.5, 0.6) is 0 Å². The highest BCUT2D eigenvalue weighted by molar-refractivity contribution is 7.89. The fourth-order valence-corrected chi connectivity index (χ4v) is 3.15. The first-order valence-electron chi connectivity index (χ1n) is 6.80. The van der Waals surface area contributed by atoms with Crippen LogP contribution >= 0.6 is 0 Å². The predicted molar refractivity (Wildman–Crippen MR) is 73.5 cm³/mol. The highest BCUT2D eigenvalue weighted by atomic mass is 32.2. The van der Waals surface area contributed by atoms with Gasteiger partial charge in [0.15, 0.2) is 0 Å². The van der Waals surface area contributed by atoms with Gasteiger partial charge in [0.25, 0.3) is 0 Å². The Kier molecular flexibility index (Phi) is 6.74. The third kappa shape index (κ3) is 7.49. The molecular formula is C12H24N2O4S. The fraction of sp³-hybridized carbons (Fsp3) is 0.917. The molecule has 1 saturated heterocycles. The molecule has 1 heterocycles. The minimum atomic E-state index is -3.44. The summed E-state index contributed by atoms with van der Waals surface area (Å²) < 4.78 is 25.3. The second-order valence-corrected chi connectivity index (χ2v) is 7.16. The molecule has 0 aromatic heterocycles. The van der Waals surface area contributed by atoms with Gasteiger partial charge < -0.3 is 10.0 Å². The predicted octanol–water partition coefficient (Wildman–Crippen LogP) is 0.503. The SMILES string of the molecule is CC1CCN(CCCNS(=O)(=O)CCC(=O)O)CC1. The van der Waals surface area contributed by atoms with Crippen LogP contribution in [0.25, 0.3) is 0 Å². The van der Waals surface area contributed by atoms with E-state index in [9.17, 15) is 13.2 Å². The first-order chi connectivity index (χ1) is 8.89. The molecule has 0 spiro atoms. The van der Waals surface area contributed by atoms with Crippen molar-refractivity contribution in [3.8, 4) is 0 Å². The van der Waals surface area contributed by atoms with Crippen molar-refractivity contribution in [3.63, 3.8) is 0 Å². The van der Waals surface area contributed by atoms with Crippen molar-refractivity contribution in [1.82, 2.24) is 9.62 Å². The number of nitrogens with zero attached hydrogens (tertiary/aromatic N) is 1. The van der Waals surface area contributed by atoms with Crippen molar-refractivity contribution in [1.29, 1.82) is 0 Å². The Morgan fingerprint density at radius 2 is 2.00 bits per heavy atom. The van der Waals surface area contributed by atoms with Gasteiger partial charge in [-0.1, -0.05) is 6.92 Å². The Hall–Kier alpha value is -0.660. The lowest BCUT2D eigenvalue weighted by Gasteiger charge is -2.30. The molecular weight excluding hydrogens is 268 g/mol. The summed E-state index contributed by atoms with van der Waals surface area (Å²) in [5.41, 5.74) is 0. The Balaban J connectivity index is 2.11. The number of likely N-dealkylation sites (tertiary alicyclic amines) is 1. The number of piperidine rings is 1. The number of sulfonamides is 1. The summed E-state index contributed by atoms with van der Waals surface area (Å²) in [4.78, 5) is 12.7. The second-order valence-electron chi connectivity index (χ2n) is 5.23. The molecule has 7 heteroatoms. The topological polar surface area (TPSA) is 86.7 Å². The third-order valence-electron chi connectivity index (χ3n) is 3.43. The van der Waals surface area contributed by atoms with Crippen LogP contribution in [0, 0.1) is 5.92 Å². The Morgan fingerprint density at radius 1 is 1.37 bits per heavy atom. The van der Waals surface area contributed by atoms with E-state index in [-0.39, 0.29) is 12.2 Å². The number of hydrogen-bond donors (Lipinski definition) is 2. The van der Waals surface area contributed by atoms with E-state index in [2.05, 4.69) is 16.5 Å². The molecule has 0 atom stereocenters. The molecule has 0 aromatic carbocycles. The van der Waals surface area contributed by atoms with E-state index in [1.807, 2.05) is 0 Å². The number of carboxylic acids is 1. The van der Waals surface area contributed by atoms with Crippen molar-refractivity contribution >= 4 is 16.0 Å². The molecule has 2 N–H and O–H groups in total. The molecule has 19 heavy (non-hydrogen) atoms. The van der Waals surface area contributed by atoms with E-state index in [0.29, 0.717) is 6.54 Å². The van der Waals surface area contributed by atoms with Gasteiger partial charge in [-0.05, 0) is 44.8 Å². The average Bonchev–Trinajstić information content (AvgIpc) is 2.35. The van der Waals surface area contributed by atoms with Gasteiger partial charge >= 0.3 is 5.97 Å². The lowest BCUT2D eigenvalue weighted by molar-refractivity contribution is -0.136. The first kappa shape index (κ1) is 16.4. The molecule has 0 saturated carbocycles. The van der Waals surface area contributed by atoms with Crippen LogP contribution in [0.1, 0.15) is 32.6 Å². The molecule has 0 unspecified atom stereocenters. The van der Waals surface area contributed by atoms with Gasteiger partial charge in [0.05, 0.1) is 12.2 Å². The summed E-state index contributed by atoms with van der Waals surface area (Å²) in [6.07, 6.45) is 2.84. The summed E-state index contributed by atoms with van der Waals surface area (Å²) in [7, 11) is -3.44. The van der Waals surface area contributed by atoms with Crippen molar-refractivity contribution in [2.75, 3.05) is 31.9 Å². The highest BCUT2D eigenvalue weighted by Gasteiger charge is 2.16. The quantitative estimate of drug-likeness (QED) is 0.636. The van der Waals surface area contributed by atoms with Crippen molar-refractivity contribution in [2.24, 2.45) is 5.92 Å². The number of nitrogens with one attached hydrogen (secondary N) is 1. The number of carboxylic acid groups (broad SMARTS) is 1. The zero-order valence-electron chi connectivity index (χ0n) is 11.5. The zero-order valence-corrected chi connectivity index (χ0v) is 12.3. The van der Waals surface area contributed by atoms with Crippen LogP contribution in [0.15, 0.2) is 0 Å². The average molecular weight is 292 g/mol. The number of aliphatic carboxylic acids is 1. The van der Waals surface area contributed by atoms with Crippen LogP contribution < -0.4 is 4.72 Å². The van der Waals surface area contributed by atoms with Gasteiger partial charge in [0.1, 0.15) is 0 Å². The molecule has 0 aromatic rings. The summed E-state index contributed by atoms with van der Waals surface area (Å²) >= 11 is 0. The summed E-state index contributed by atoms with van der Waals surface area (Å²) in [6.45, 7) is 5.72. The molecule has 1 fully saturated rings. The van der Waals surface area contributed by atoms with E-state index in [0.717, 1.165) is 32.0 Å². The van der Waals surface area contributed by atoms with Gasteiger partial charge in [-0.25, -0.2) is 13.1 Å². The highest BCUT2D eigenvalue weighted by Crippen LogP contribution is 2.15. The van der Waals surface area contributed by atoms with Gasteiger partial charge in [-0.3, -0.25) is 4.79 Å². The fourth-order valence-electron chi connectivity index (χ4n) is 2.11. The van der Waals surface area contributed by atoms with E-state index in [1.165, 1.54) is 12.8 Å². The van der Waals surface area contributed by atoms with Gasteiger partial charge in [-0.15, -0.1) is 0 Å². The maximum absolute atomic E-state index is 11.4.